The maximum absolute atomic E-state index is 13.4. The van der Waals surface area contributed by atoms with Gasteiger partial charge in [-0.3, -0.25) is 14.0 Å². The number of piperazine rings is 1. The molecule has 1 fully saturated rings. The Kier molecular flexibility index (Phi) is 6.81. The quantitative estimate of drug-likeness (QED) is 0.615. The fourth-order valence-corrected chi connectivity index (χ4v) is 5.58. The van der Waals surface area contributed by atoms with Crippen molar-refractivity contribution in [2.45, 2.75) is 32.9 Å². The lowest BCUT2D eigenvalue weighted by atomic mass is 10.1. The normalized spacial score (nSPS) is 17.1. The highest BCUT2D eigenvalue weighted by atomic mass is 32.2. The smallest absolute Gasteiger partial charge is 0.246 e. The van der Waals surface area contributed by atoms with Crippen molar-refractivity contribution in [3.8, 4) is 11.5 Å². The molecule has 2 aliphatic rings. The van der Waals surface area contributed by atoms with Crippen LogP contribution >= 0.6 is 0 Å². The molecule has 0 aromatic heterocycles. The van der Waals surface area contributed by atoms with E-state index in [0.717, 1.165) is 48.5 Å². The first kappa shape index (κ1) is 23.4. The van der Waals surface area contributed by atoms with E-state index in [2.05, 4.69) is 4.90 Å². The highest BCUT2D eigenvalue weighted by molar-refractivity contribution is 7.92. The Labute approximate surface area is 195 Å². The molecule has 0 spiro atoms. The van der Waals surface area contributed by atoms with Gasteiger partial charge in [0.05, 0.1) is 11.9 Å². The number of hydrogen-bond donors (Lipinski definition) is 0. The number of ether oxygens (including phenoxy) is 2. The lowest BCUT2D eigenvalue weighted by Crippen LogP contribution is -2.55. The molecule has 1 amide bonds. The molecule has 0 saturated carbocycles. The van der Waals surface area contributed by atoms with E-state index in [1.54, 1.807) is 17.0 Å². The largest absolute Gasteiger partial charge is 0.454 e. The molecule has 178 valence electrons. The Morgan fingerprint density at radius 1 is 1.03 bits per heavy atom. The summed E-state index contributed by atoms with van der Waals surface area (Å²) in [6, 6.07) is 12.4. The highest BCUT2D eigenvalue weighted by Gasteiger charge is 2.35. The second kappa shape index (κ2) is 9.61. The second-order valence-electron chi connectivity index (χ2n) is 8.61. The number of fused-ring (bicyclic) bond motifs is 1. The molecule has 2 heterocycles. The van der Waals surface area contributed by atoms with Crippen molar-refractivity contribution in [1.29, 1.82) is 0 Å². The lowest BCUT2D eigenvalue weighted by molar-refractivity contribution is -0.134. The van der Waals surface area contributed by atoms with Crippen LogP contribution in [0.4, 0.5) is 5.69 Å². The van der Waals surface area contributed by atoms with Gasteiger partial charge >= 0.3 is 0 Å². The first-order valence-electron chi connectivity index (χ1n) is 11.2. The number of hydrogen-bond acceptors (Lipinski definition) is 6. The Hall–Kier alpha value is -2.78. The predicted octanol–water partition coefficient (Wildman–Crippen LogP) is 2.61. The third-order valence-corrected chi connectivity index (χ3v) is 7.31. The second-order valence-corrected chi connectivity index (χ2v) is 10.5. The van der Waals surface area contributed by atoms with E-state index in [1.807, 2.05) is 44.2 Å². The van der Waals surface area contributed by atoms with Gasteiger partial charge in [-0.05, 0) is 43.2 Å². The zero-order valence-corrected chi connectivity index (χ0v) is 20.2. The molecule has 33 heavy (non-hydrogen) atoms. The molecule has 1 unspecified atom stereocenters. The number of carbonyl (C=O) groups excluding carboxylic acids is 1. The number of amides is 1. The van der Waals surface area contributed by atoms with Crippen molar-refractivity contribution < 1.29 is 22.7 Å². The summed E-state index contributed by atoms with van der Waals surface area (Å²) in [5, 5.41) is 0. The van der Waals surface area contributed by atoms with Crippen molar-refractivity contribution in [1.82, 2.24) is 9.80 Å². The molecule has 2 aromatic rings. The van der Waals surface area contributed by atoms with E-state index in [4.69, 9.17) is 9.47 Å². The van der Waals surface area contributed by atoms with Crippen LogP contribution in [0.15, 0.2) is 42.5 Å². The van der Waals surface area contributed by atoms with Crippen LogP contribution in [0.3, 0.4) is 0 Å². The third-order valence-electron chi connectivity index (χ3n) is 6.13. The maximum Gasteiger partial charge on any atom is 0.246 e. The molecular formula is C24H31N3O5S. The zero-order chi connectivity index (χ0) is 23.6. The standard InChI is InChI=1S/C24H31N3O5S/c1-4-21(27(33(3,29)30)20-8-5-18(2)6-9-20)24(28)26-13-11-25(12-14-26)16-19-7-10-22-23(15-19)32-17-31-22/h5-10,15,21H,4,11-14,16-17H2,1-3H3. The van der Waals surface area contributed by atoms with Gasteiger partial charge in [-0.25, -0.2) is 8.42 Å². The molecular weight excluding hydrogens is 442 g/mol. The third kappa shape index (κ3) is 5.25. The van der Waals surface area contributed by atoms with Crippen LogP contribution in [-0.4, -0.2) is 69.4 Å². The summed E-state index contributed by atoms with van der Waals surface area (Å²) >= 11 is 0. The molecule has 2 aromatic carbocycles. The average Bonchev–Trinajstić information content (AvgIpc) is 3.25. The minimum atomic E-state index is -3.63. The Morgan fingerprint density at radius 2 is 1.70 bits per heavy atom. The minimum Gasteiger partial charge on any atom is -0.454 e. The predicted molar refractivity (Wildman–Crippen MR) is 127 cm³/mol. The number of carbonyl (C=O) groups is 1. The summed E-state index contributed by atoms with van der Waals surface area (Å²) in [5.74, 6) is 1.39. The number of anilines is 1. The number of aryl methyl sites for hydroxylation is 1. The molecule has 0 bridgehead atoms. The van der Waals surface area contributed by atoms with Crippen LogP contribution in [0.25, 0.3) is 0 Å². The van der Waals surface area contributed by atoms with E-state index in [0.29, 0.717) is 25.2 Å². The number of sulfonamides is 1. The zero-order valence-electron chi connectivity index (χ0n) is 19.4. The van der Waals surface area contributed by atoms with Crippen LogP contribution in [0.5, 0.6) is 11.5 Å². The van der Waals surface area contributed by atoms with Gasteiger partial charge in [-0.2, -0.15) is 0 Å². The van der Waals surface area contributed by atoms with Crippen LogP contribution in [0, 0.1) is 6.92 Å². The van der Waals surface area contributed by atoms with E-state index in [-0.39, 0.29) is 12.7 Å². The Morgan fingerprint density at radius 3 is 2.33 bits per heavy atom. The van der Waals surface area contributed by atoms with Gasteiger partial charge in [0.2, 0.25) is 22.7 Å². The van der Waals surface area contributed by atoms with Crippen LogP contribution in [0.2, 0.25) is 0 Å². The monoisotopic (exact) mass is 473 g/mol. The first-order chi connectivity index (χ1) is 15.8. The lowest BCUT2D eigenvalue weighted by Gasteiger charge is -2.39. The van der Waals surface area contributed by atoms with Crippen LogP contribution in [-0.2, 0) is 21.4 Å². The van der Waals surface area contributed by atoms with Crippen molar-refractivity contribution in [2.24, 2.45) is 0 Å². The molecule has 0 N–H and O–H groups in total. The topological polar surface area (TPSA) is 79.4 Å². The summed E-state index contributed by atoms with van der Waals surface area (Å²) < 4.78 is 37.4. The number of benzene rings is 2. The fourth-order valence-electron chi connectivity index (χ4n) is 4.37. The molecule has 1 saturated heterocycles. The van der Waals surface area contributed by atoms with Crippen molar-refractivity contribution >= 4 is 21.6 Å². The average molecular weight is 474 g/mol. The fraction of sp³-hybridized carbons (Fsp3) is 0.458. The molecule has 4 rings (SSSR count). The summed E-state index contributed by atoms with van der Waals surface area (Å²) in [4.78, 5) is 17.5. The van der Waals surface area contributed by atoms with Crippen molar-refractivity contribution in [2.75, 3.05) is 43.5 Å². The van der Waals surface area contributed by atoms with Crippen LogP contribution in [0.1, 0.15) is 24.5 Å². The minimum absolute atomic E-state index is 0.147. The number of nitrogens with zero attached hydrogens (tertiary/aromatic N) is 3. The SMILES string of the molecule is CCC(C(=O)N1CCN(Cc2ccc3c(c2)OCO3)CC1)N(c1ccc(C)cc1)S(C)(=O)=O. The summed E-state index contributed by atoms with van der Waals surface area (Å²) in [7, 11) is -3.63. The van der Waals surface area contributed by atoms with Gasteiger partial charge in [-0.1, -0.05) is 30.7 Å². The molecule has 2 aliphatic heterocycles. The van der Waals surface area contributed by atoms with Gasteiger partial charge < -0.3 is 14.4 Å². The maximum atomic E-state index is 13.4. The summed E-state index contributed by atoms with van der Waals surface area (Å²) in [6.45, 7) is 7.38. The van der Waals surface area contributed by atoms with E-state index >= 15 is 0 Å². The molecule has 9 heteroatoms. The molecule has 0 radical (unpaired) electrons. The Balaban J connectivity index is 1.42. The van der Waals surface area contributed by atoms with Gasteiger partial charge in [-0.15, -0.1) is 0 Å². The van der Waals surface area contributed by atoms with Crippen molar-refractivity contribution in [3.63, 3.8) is 0 Å². The Bertz CT molecular complexity index is 1100. The van der Waals surface area contributed by atoms with Gasteiger partial charge in [0.25, 0.3) is 0 Å². The van der Waals surface area contributed by atoms with Gasteiger partial charge in [0, 0.05) is 32.7 Å². The van der Waals surface area contributed by atoms with E-state index < -0.39 is 16.1 Å². The number of rotatable bonds is 7. The van der Waals surface area contributed by atoms with E-state index in [1.165, 1.54) is 4.31 Å². The van der Waals surface area contributed by atoms with Gasteiger partial charge in [0.15, 0.2) is 11.5 Å². The molecule has 1 atom stereocenters. The molecule has 8 nitrogen and oxygen atoms in total. The summed E-state index contributed by atoms with van der Waals surface area (Å²) in [6.07, 6.45) is 1.56. The highest BCUT2D eigenvalue weighted by Crippen LogP contribution is 2.33. The van der Waals surface area contributed by atoms with E-state index in [9.17, 15) is 13.2 Å². The van der Waals surface area contributed by atoms with Gasteiger partial charge in [0.1, 0.15) is 6.04 Å². The molecule has 0 aliphatic carbocycles. The van der Waals surface area contributed by atoms with Crippen LogP contribution < -0.4 is 13.8 Å². The first-order valence-corrected chi connectivity index (χ1v) is 13.1. The summed E-state index contributed by atoms with van der Waals surface area (Å²) in [5.41, 5.74) is 2.68. The van der Waals surface area contributed by atoms with Crippen molar-refractivity contribution in [3.05, 3.63) is 53.6 Å².